The Morgan fingerprint density at radius 3 is 2.52 bits per heavy atom. The molecule has 2 rings (SSSR count). The summed E-state index contributed by atoms with van der Waals surface area (Å²) in [5.74, 6) is 1.31. The average molecular weight is 372 g/mol. The number of hydrogen-bond donors (Lipinski definition) is 2. The number of benzene rings is 1. The maximum absolute atomic E-state index is 12.5. The van der Waals surface area contributed by atoms with Crippen molar-refractivity contribution in [3.05, 3.63) is 45.9 Å². The summed E-state index contributed by atoms with van der Waals surface area (Å²) in [7, 11) is 3.22. The van der Waals surface area contributed by atoms with Crippen LogP contribution in [0.4, 0.5) is 13.2 Å². The van der Waals surface area contributed by atoms with Crippen LogP contribution in [0.1, 0.15) is 16.3 Å². The quantitative estimate of drug-likeness (QED) is 0.604. The van der Waals surface area contributed by atoms with Crippen LogP contribution in [-0.2, 0) is 19.1 Å². The molecule has 5 nitrogen and oxygen atoms in total. The topological polar surface area (TPSA) is 58.5 Å². The zero-order valence-electron chi connectivity index (χ0n) is 13.9. The Morgan fingerprint density at radius 2 is 1.96 bits per heavy atom. The van der Waals surface area contributed by atoms with Crippen LogP contribution in [0.5, 0.6) is 5.75 Å². The molecule has 0 saturated carbocycles. The summed E-state index contributed by atoms with van der Waals surface area (Å²) in [6.45, 7) is 0.820. The molecule has 0 bridgehead atoms. The molecule has 25 heavy (non-hydrogen) atoms. The van der Waals surface area contributed by atoms with E-state index in [1.165, 1.54) is 0 Å². The van der Waals surface area contributed by atoms with Gasteiger partial charge < -0.3 is 15.4 Å². The maximum Gasteiger partial charge on any atom is 0.434 e. The van der Waals surface area contributed by atoms with E-state index < -0.39 is 11.9 Å². The molecule has 0 unspecified atom stereocenters. The predicted octanol–water partition coefficient (Wildman–Crippen LogP) is 3.08. The maximum atomic E-state index is 12.5. The molecule has 1 aromatic carbocycles. The first-order chi connectivity index (χ1) is 11.9. The molecule has 2 N–H and O–H groups in total. The number of alkyl halides is 3. The number of guanidine groups is 1. The van der Waals surface area contributed by atoms with Crippen LogP contribution in [-0.4, -0.2) is 31.6 Å². The normalized spacial score (nSPS) is 12.1. The number of aliphatic imine (C=N–C) groups is 1. The van der Waals surface area contributed by atoms with E-state index in [1.54, 1.807) is 14.2 Å². The van der Waals surface area contributed by atoms with Crippen molar-refractivity contribution in [2.24, 2.45) is 4.99 Å². The molecule has 9 heteroatoms. The second-order valence-corrected chi connectivity index (χ2v) is 6.02. The van der Waals surface area contributed by atoms with Crippen LogP contribution in [0.2, 0.25) is 0 Å². The number of nitrogens with one attached hydrogen (secondary N) is 2. The van der Waals surface area contributed by atoms with Gasteiger partial charge in [0.1, 0.15) is 10.8 Å². The van der Waals surface area contributed by atoms with Gasteiger partial charge in [-0.05, 0) is 24.1 Å². The molecule has 0 saturated heterocycles. The zero-order valence-corrected chi connectivity index (χ0v) is 14.7. The van der Waals surface area contributed by atoms with Crippen molar-refractivity contribution >= 4 is 17.3 Å². The minimum absolute atomic E-state index is 0.183. The van der Waals surface area contributed by atoms with E-state index in [1.807, 2.05) is 24.3 Å². The van der Waals surface area contributed by atoms with Crippen molar-refractivity contribution in [2.75, 3.05) is 20.7 Å². The minimum Gasteiger partial charge on any atom is -0.497 e. The van der Waals surface area contributed by atoms with Crippen molar-refractivity contribution in [3.63, 3.8) is 0 Å². The lowest BCUT2D eigenvalue weighted by atomic mass is 10.1. The van der Waals surface area contributed by atoms with Crippen molar-refractivity contribution < 1.29 is 17.9 Å². The van der Waals surface area contributed by atoms with Gasteiger partial charge >= 0.3 is 6.18 Å². The molecule has 1 heterocycles. The second kappa shape index (κ2) is 8.70. The average Bonchev–Trinajstić information content (AvgIpc) is 3.08. The first-order valence-corrected chi connectivity index (χ1v) is 8.39. The Labute approximate surface area is 148 Å². The lowest BCUT2D eigenvalue weighted by molar-refractivity contribution is -0.140. The van der Waals surface area contributed by atoms with Crippen molar-refractivity contribution in [3.8, 4) is 5.75 Å². The third-order valence-corrected chi connectivity index (χ3v) is 4.19. The molecule has 136 valence electrons. The Kier molecular flexibility index (Phi) is 6.63. The molecule has 0 spiro atoms. The summed E-state index contributed by atoms with van der Waals surface area (Å²) in [6.07, 6.45) is -3.63. The molecular formula is C16H19F3N4OS. The summed E-state index contributed by atoms with van der Waals surface area (Å²) in [5.41, 5.74) is 0.273. The molecule has 0 atom stereocenters. The molecule has 0 radical (unpaired) electrons. The molecular weight excluding hydrogens is 353 g/mol. The lowest BCUT2D eigenvalue weighted by Gasteiger charge is -2.11. The van der Waals surface area contributed by atoms with E-state index >= 15 is 0 Å². The Hall–Kier alpha value is -2.29. The van der Waals surface area contributed by atoms with Gasteiger partial charge in [-0.1, -0.05) is 12.1 Å². The highest BCUT2D eigenvalue weighted by Gasteiger charge is 2.33. The Balaban J connectivity index is 1.77. The standard InChI is InChI=1S/C16H19F3N4OS/c1-20-15(21-8-7-11-3-5-12(24-2)6-4-11)22-9-14-23-13(10-25-14)16(17,18)19/h3-6,10H,7-9H2,1-2H3,(H2,20,21,22). The van der Waals surface area contributed by atoms with Crippen LogP contribution in [0.25, 0.3) is 0 Å². The van der Waals surface area contributed by atoms with Crippen LogP contribution in [0.3, 0.4) is 0 Å². The molecule has 0 amide bonds. The lowest BCUT2D eigenvalue weighted by Crippen LogP contribution is -2.37. The van der Waals surface area contributed by atoms with E-state index in [0.29, 0.717) is 17.5 Å². The predicted molar refractivity (Wildman–Crippen MR) is 92.0 cm³/mol. The molecule has 2 aromatic rings. The number of hydrogen-bond acceptors (Lipinski definition) is 4. The largest absolute Gasteiger partial charge is 0.497 e. The molecule has 0 aliphatic carbocycles. The number of thiazole rings is 1. The third-order valence-electron chi connectivity index (χ3n) is 3.34. The van der Waals surface area contributed by atoms with Crippen LogP contribution < -0.4 is 15.4 Å². The fourth-order valence-electron chi connectivity index (χ4n) is 2.02. The summed E-state index contributed by atoms with van der Waals surface area (Å²) in [4.78, 5) is 7.61. The summed E-state index contributed by atoms with van der Waals surface area (Å²) < 4.78 is 42.7. The van der Waals surface area contributed by atoms with Gasteiger partial charge in [-0.2, -0.15) is 13.2 Å². The van der Waals surface area contributed by atoms with Crippen LogP contribution >= 0.6 is 11.3 Å². The molecule has 1 aromatic heterocycles. The van der Waals surface area contributed by atoms with E-state index in [0.717, 1.165) is 34.5 Å². The van der Waals surface area contributed by atoms with Crippen LogP contribution in [0, 0.1) is 0 Å². The van der Waals surface area contributed by atoms with Gasteiger partial charge in [0.05, 0.1) is 13.7 Å². The summed E-state index contributed by atoms with van der Waals surface area (Å²) >= 11 is 0.965. The molecule has 0 aliphatic rings. The van der Waals surface area contributed by atoms with E-state index in [9.17, 15) is 13.2 Å². The first kappa shape index (κ1) is 19.0. The third kappa shape index (κ3) is 5.93. The molecule has 0 aliphatic heterocycles. The summed E-state index contributed by atoms with van der Waals surface area (Å²) in [6, 6.07) is 7.74. The van der Waals surface area contributed by atoms with Crippen molar-refractivity contribution in [2.45, 2.75) is 19.1 Å². The highest BCUT2D eigenvalue weighted by molar-refractivity contribution is 7.09. The fraction of sp³-hybridized carbons (Fsp3) is 0.375. The minimum atomic E-state index is -4.41. The van der Waals surface area contributed by atoms with Gasteiger partial charge in [0, 0.05) is 19.0 Å². The fourth-order valence-corrected chi connectivity index (χ4v) is 2.76. The van der Waals surface area contributed by atoms with Gasteiger partial charge in [0.2, 0.25) is 0 Å². The highest BCUT2D eigenvalue weighted by Crippen LogP contribution is 2.29. The SMILES string of the molecule is CN=C(NCCc1ccc(OC)cc1)NCc1nc(C(F)(F)F)cs1. The number of ether oxygens (including phenoxy) is 1. The molecule has 0 fully saturated rings. The Bertz CT molecular complexity index is 698. The second-order valence-electron chi connectivity index (χ2n) is 5.07. The highest BCUT2D eigenvalue weighted by atomic mass is 32.1. The number of aromatic nitrogens is 1. The van der Waals surface area contributed by atoms with Crippen molar-refractivity contribution in [1.29, 1.82) is 0 Å². The monoisotopic (exact) mass is 372 g/mol. The van der Waals surface area contributed by atoms with Crippen molar-refractivity contribution in [1.82, 2.24) is 15.6 Å². The zero-order chi connectivity index (χ0) is 18.3. The number of rotatable bonds is 6. The number of methoxy groups -OCH3 is 1. The Morgan fingerprint density at radius 1 is 1.24 bits per heavy atom. The number of halogens is 3. The van der Waals surface area contributed by atoms with Gasteiger partial charge in [0.15, 0.2) is 11.7 Å². The van der Waals surface area contributed by atoms with Gasteiger partial charge in [0.25, 0.3) is 0 Å². The summed E-state index contributed by atoms with van der Waals surface area (Å²) in [5, 5.41) is 7.43. The number of nitrogens with zero attached hydrogens (tertiary/aromatic N) is 2. The van der Waals surface area contributed by atoms with Gasteiger partial charge in [-0.3, -0.25) is 4.99 Å². The van der Waals surface area contributed by atoms with Gasteiger partial charge in [-0.25, -0.2) is 4.98 Å². The first-order valence-electron chi connectivity index (χ1n) is 7.51. The van der Waals surface area contributed by atoms with Crippen LogP contribution in [0.15, 0.2) is 34.6 Å². The van der Waals surface area contributed by atoms with E-state index in [2.05, 4.69) is 20.6 Å². The van der Waals surface area contributed by atoms with E-state index in [4.69, 9.17) is 4.74 Å². The van der Waals surface area contributed by atoms with E-state index in [-0.39, 0.29) is 6.54 Å². The van der Waals surface area contributed by atoms with Gasteiger partial charge in [-0.15, -0.1) is 11.3 Å². The smallest absolute Gasteiger partial charge is 0.434 e.